The van der Waals surface area contributed by atoms with Crippen LogP contribution >= 0.6 is 0 Å². The fraction of sp³-hybridized carbons (Fsp3) is 0.385. The Kier molecular flexibility index (Phi) is 7.63. The first-order valence-electron chi connectivity index (χ1n) is 11.3. The second kappa shape index (κ2) is 10.4. The van der Waals surface area contributed by atoms with Gasteiger partial charge in [0, 0.05) is 25.6 Å². The van der Waals surface area contributed by atoms with Crippen LogP contribution in [0.4, 0.5) is 0 Å². The zero-order chi connectivity index (χ0) is 24.1. The smallest absolute Gasteiger partial charge is 0.261 e. The van der Waals surface area contributed by atoms with Gasteiger partial charge >= 0.3 is 0 Å². The predicted molar refractivity (Wildman–Crippen MR) is 126 cm³/mol. The maximum Gasteiger partial charge on any atom is 0.261 e. The van der Waals surface area contributed by atoms with Crippen molar-refractivity contribution in [2.45, 2.75) is 59.2 Å². The van der Waals surface area contributed by atoms with Crippen molar-refractivity contribution in [3.8, 4) is 0 Å². The summed E-state index contributed by atoms with van der Waals surface area (Å²) in [5.74, 6) is -1.07. The standard InChI is InChI=1S/C26H31N3O4/c1-17(2)27-24(31)19(4)29(16-20-10-7-9-18(3)15-20)23(30)13-8-14-28-25(32)21-11-5-6-12-22(21)26(28)33/h5-7,9-12,15,17,19H,8,13-14,16H2,1-4H3,(H,27,31)/t19-/m0/s1. The van der Waals surface area contributed by atoms with Gasteiger partial charge < -0.3 is 10.2 Å². The van der Waals surface area contributed by atoms with Crippen molar-refractivity contribution in [2.24, 2.45) is 0 Å². The molecule has 1 atom stereocenters. The summed E-state index contributed by atoms with van der Waals surface area (Å²) in [5, 5.41) is 2.87. The van der Waals surface area contributed by atoms with Crippen LogP contribution in [-0.4, -0.2) is 52.1 Å². The lowest BCUT2D eigenvalue weighted by Crippen LogP contribution is -2.49. The van der Waals surface area contributed by atoms with Crippen LogP contribution in [0.5, 0.6) is 0 Å². The molecule has 174 valence electrons. The van der Waals surface area contributed by atoms with Gasteiger partial charge in [0.05, 0.1) is 11.1 Å². The molecule has 0 aromatic heterocycles. The van der Waals surface area contributed by atoms with Crippen molar-refractivity contribution in [2.75, 3.05) is 6.54 Å². The molecule has 0 spiro atoms. The second-order valence-corrected chi connectivity index (χ2v) is 8.76. The first-order valence-corrected chi connectivity index (χ1v) is 11.3. The molecule has 0 fully saturated rings. The van der Waals surface area contributed by atoms with E-state index >= 15 is 0 Å². The topological polar surface area (TPSA) is 86.8 Å². The van der Waals surface area contributed by atoms with E-state index in [9.17, 15) is 19.2 Å². The number of carbonyl (C=O) groups is 4. The van der Waals surface area contributed by atoms with E-state index < -0.39 is 6.04 Å². The van der Waals surface area contributed by atoms with Gasteiger partial charge in [-0.2, -0.15) is 0 Å². The number of nitrogens with zero attached hydrogens (tertiary/aromatic N) is 2. The molecule has 0 saturated heterocycles. The summed E-state index contributed by atoms with van der Waals surface area (Å²) in [4.78, 5) is 53.7. The summed E-state index contributed by atoms with van der Waals surface area (Å²) < 4.78 is 0. The van der Waals surface area contributed by atoms with Gasteiger partial charge in [-0.25, -0.2) is 0 Å². The number of aryl methyl sites for hydroxylation is 1. The van der Waals surface area contributed by atoms with Gasteiger partial charge in [0.15, 0.2) is 0 Å². The number of hydrogen-bond donors (Lipinski definition) is 1. The lowest BCUT2D eigenvalue weighted by molar-refractivity contribution is -0.140. The van der Waals surface area contributed by atoms with Crippen molar-refractivity contribution in [1.82, 2.24) is 15.1 Å². The highest BCUT2D eigenvalue weighted by Gasteiger charge is 2.35. The summed E-state index contributed by atoms with van der Waals surface area (Å²) in [6.07, 6.45) is 0.450. The third-order valence-electron chi connectivity index (χ3n) is 5.68. The van der Waals surface area contributed by atoms with Crippen molar-refractivity contribution in [3.05, 3.63) is 70.8 Å². The Morgan fingerprint density at radius 1 is 0.970 bits per heavy atom. The molecule has 0 aliphatic carbocycles. The van der Waals surface area contributed by atoms with Crippen molar-refractivity contribution in [3.63, 3.8) is 0 Å². The van der Waals surface area contributed by atoms with E-state index in [1.54, 1.807) is 36.1 Å². The number of fused-ring (bicyclic) bond motifs is 1. The summed E-state index contributed by atoms with van der Waals surface area (Å²) in [6, 6.07) is 13.9. The van der Waals surface area contributed by atoms with Crippen LogP contribution in [0.25, 0.3) is 0 Å². The van der Waals surface area contributed by atoms with E-state index in [2.05, 4.69) is 5.32 Å². The lowest BCUT2D eigenvalue weighted by atomic mass is 10.1. The molecule has 7 heteroatoms. The zero-order valence-electron chi connectivity index (χ0n) is 19.6. The van der Waals surface area contributed by atoms with Gasteiger partial charge in [-0.3, -0.25) is 24.1 Å². The molecule has 7 nitrogen and oxygen atoms in total. The monoisotopic (exact) mass is 449 g/mol. The van der Waals surface area contributed by atoms with E-state index in [-0.39, 0.29) is 42.6 Å². The average molecular weight is 450 g/mol. The molecule has 1 aliphatic rings. The van der Waals surface area contributed by atoms with Crippen LogP contribution in [0.3, 0.4) is 0 Å². The summed E-state index contributed by atoms with van der Waals surface area (Å²) >= 11 is 0. The minimum Gasteiger partial charge on any atom is -0.352 e. The molecule has 4 amide bonds. The van der Waals surface area contributed by atoms with Crippen molar-refractivity contribution in [1.29, 1.82) is 0 Å². The van der Waals surface area contributed by atoms with Gasteiger partial charge in [0.1, 0.15) is 6.04 Å². The maximum atomic E-state index is 13.2. The number of benzene rings is 2. The Balaban J connectivity index is 1.67. The van der Waals surface area contributed by atoms with Crippen LogP contribution in [0.2, 0.25) is 0 Å². The van der Waals surface area contributed by atoms with Gasteiger partial charge in [0.25, 0.3) is 11.8 Å². The number of nitrogens with one attached hydrogen (secondary N) is 1. The Bertz CT molecular complexity index is 1030. The molecule has 2 aromatic carbocycles. The highest BCUT2D eigenvalue weighted by atomic mass is 16.2. The Labute approximate surface area is 194 Å². The number of rotatable bonds is 9. The molecule has 3 rings (SSSR count). The maximum absolute atomic E-state index is 13.2. The van der Waals surface area contributed by atoms with E-state index in [0.717, 1.165) is 11.1 Å². The molecule has 33 heavy (non-hydrogen) atoms. The molecule has 1 aliphatic heterocycles. The number of amides is 4. The highest BCUT2D eigenvalue weighted by molar-refractivity contribution is 6.21. The van der Waals surface area contributed by atoms with Gasteiger partial charge in [-0.15, -0.1) is 0 Å². The molecule has 1 N–H and O–H groups in total. The van der Waals surface area contributed by atoms with Crippen LogP contribution in [0.1, 0.15) is 65.5 Å². The molecule has 0 bridgehead atoms. The van der Waals surface area contributed by atoms with Gasteiger partial charge in [-0.1, -0.05) is 42.0 Å². The van der Waals surface area contributed by atoms with E-state index in [1.807, 2.05) is 45.0 Å². The summed E-state index contributed by atoms with van der Waals surface area (Å²) in [7, 11) is 0. The molecule has 1 heterocycles. The van der Waals surface area contributed by atoms with Gasteiger partial charge in [0.2, 0.25) is 11.8 Å². The average Bonchev–Trinajstić information content (AvgIpc) is 3.01. The number of carbonyl (C=O) groups excluding carboxylic acids is 4. The number of imide groups is 1. The number of hydrogen-bond acceptors (Lipinski definition) is 4. The van der Waals surface area contributed by atoms with E-state index in [4.69, 9.17) is 0 Å². The van der Waals surface area contributed by atoms with E-state index in [0.29, 0.717) is 24.1 Å². The first-order chi connectivity index (χ1) is 15.7. The van der Waals surface area contributed by atoms with Crippen molar-refractivity contribution >= 4 is 23.6 Å². The predicted octanol–water partition coefficient (Wildman–Crippen LogP) is 3.31. The SMILES string of the molecule is Cc1cccc(CN(C(=O)CCCN2C(=O)c3ccccc3C2=O)[C@@H](C)C(=O)NC(C)C)c1. The van der Waals surface area contributed by atoms with E-state index in [1.165, 1.54) is 4.90 Å². The molecule has 0 unspecified atom stereocenters. The molecular formula is C26H31N3O4. The first kappa shape index (κ1) is 24.2. The Morgan fingerprint density at radius 3 is 2.18 bits per heavy atom. The fourth-order valence-electron chi connectivity index (χ4n) is 3.97. The minimum atomic E-state index is -0.653. The normalized spacial score (nSPS) is 13.8. The lowest BCUT2D eigenvalue weighted by Gasteiger charge is -2.29. The van der Waals surface area contributed by atoms with Crippen LogP contribution < -0.4 is 5.32 Å². The second-order valence-electron chi connectivity index (χ2n) is 8.76. The third-order valence-corrected chi connectivity index (χ3v) is 5.68. The van der Waals surface area contributed by atoms with Crippen molar-refractivity contribution < 1.29 is 19.2 Å². The fourth-order valence-corrected chi connectivity index (χ4v) is 3.97. The van der Waals surface area contributed by atoms with Gasteiger partial charge in [-0.05, 0) is 51.8 Å². The minimum absolute atomic E-state index is 0.0373. The largest absolute Gasteiger partial charge is 0.352 e. The Morgan fingerprint density at radius 2 is 1.61 bits per heavy atom. The zero-order valence-corrected chi connectivity index (χ0v) is 19.6. The molecule has 0 saturated carbocycles. The highest BCUT2D eigenvalue weighted by Crippen LogP contribution is 2.23. The third kappa shape index (κ3) is 5.66. The van der Waals surface area contributed by atoms with Crippen LogP contribution in [0.15, 0.2) is 48.5 Å². The summed E-state index contributed by atoms with van der Waals surface area (Å²) in [6.45, 7) is 7.91. The van der Waals surface area contributed by atoms with Crippen LogP contribution in [0, 0.1) is 6.92 Å². The molecule has 2 aromatic rings. The molecular weight excluding hydrogens is 418 g/mol. The summed E-state index contributed by atoms with van der Waals surface area (Å²) in [5.41, 5.74) is 2.81. The Hall–Kier alpha value is -3.48. The molecule has 0 radical (unpaired) electrons. The quantitative estimate of drug-likeness (QED) is 0.595. The van der Waals surface area contributed by atoms with Crippen LogP contribution in [-0.2, 0) is 16.1 Å².